The van der Waals surface area contributed by atoms with E-state index in [1.807, 2.05) is 0 Å². The highest BCUT2D eigenvalue weighted by molar-refractivity contribution is 4.83. The quantitative estimate of drug-likeness (QED) is 0.507. The number of aromatic amines is 1. The second kappa shape index (κ2) is 1.93. The first kappa shape index (κ1) is 5.87. The maximum atomic E-state index is 11.9. The number of nitrogens with zero attached hydrogens (tertiary/aromatic N) is 1. The highest BCUT2D eigenvalue weighted by Crippen LogP contribution is 1.88. The van der Waals surface area contributed by atoms with Gasteiger partial charge < -0.3 is 0 Å². The van der Waals surface area contributed by atoms with Gasteiger partial charge in [-0.2, -0.15) is 13.8 Å². The van der Waals surface area contributed by atoms with Gasteiger partial charge in [0.2, 0.25) is 5.95 Å². The van der Waals surface area contributed by atoms with Crippen LogP contribution in [0.15, 0.2) is 10.9 Å². The van der Waals surface area contributed by atoms with Crippen LogP contribution in [0.5, 0.6) is 0 Å². The van der Waals surface area contributed by atoms with Gasteiger partial charge in [-0.15, -0.1) is 0 Å². The van der Waals surface area contributed by atoms with Gasteiger partial charge in [0, 0.05) is 6.07 Å². The van der Waals surface area contributed by atoms with Crippen molar-refractivity contribution in [1.82, 2.24) is 9.97 Å². The molecule has 1 aromatic rings. The van der Waals surface area contributed by atoms with Gasteiger partial charge in [0.1, 0.15) is 0 Å². The Bertz CT molecular complexity index is 246. The molecule has 9 heavy (non-hydrogen) atoms. The van der Waals surface area contributed by atoms with Gasteiger partial charge in [0.15, 0.2) is 5.95 Å². The van der Waals surface area contributed by atoms with E-state index in [-0.39, 0.29) is 0 Å². The molecule has 48 valence electrons. The fraction of sp³-hybridized carbons (Fsp3) is 0. The highest BCUT2D eigenvalue weighted by atomic mass is 19.1. The first-order valence-electron chi connectivity index (χ1n) is 2.11. The molecule has 0 bridgehead atoms. The molecular weight excluding hydrogens is 130 g/mol. The standard InChI is InChI=1S/C4H2F2N2O/c5-2-1-3(6)8-4(9)7-2/h1H,(H,7,8,9). The number of H-pyrrole nitrogens is 1. The zero-order valence-electron chi connectivity index (χ0n) is 4.19. The lowest BCUT2D eigenvalue weighted by Crippen LogP contribution is -2.13. The van der Waals surface area contributed by atoms with Gasteiger partial charge in [-0.1, -0.05) is 0 Å². The molecule has 0 aliphatic carbocycles. The summed E-state index contributed by atoms with van der Waals surface area (Å²) in [5, 5.41) is 0. The monoisotopic (exact) mass is 132 g/mol. The minimum atomic E-state index is -1.11. The predicted octanol–water partition coefficient (Wildman–Crippen LogP) is 0.0481. The van der Waals surface area contributed by atoms with E-state index in [4.69, 9.17) is 0 Å². The van der Waals surface area contributed by atoms with Crippen LogP contribution in [-0.2, 0) is 0 Å². The van der Waals surface area contributed by atoms with Crippen molar-refractivity contribution >= 4 is 0 Å². The zero-order valence-corrected chi connectivity index (χ0v) is 4.19. The topological polar surface area (TPSA) is 45.8 Å². The van der Waals surface area contributed by atoms with Crippen molar-refractivity contribution in [3.05, 3.63) is 28.4 Å². The summed E-state index contributed by atoms with van der Waals surface area (Å²) in [5.41, 5.74) is -1.02. The zero-order chi connectivity index (χ0) is 6.85. The second-order valence-corrected chi connectivity index (χ2v) is 1.36. The summed E-state index contributed by atoms with van der Waals surface area (Å²) in [6, 6.07) is 0.488. The number of hydrogen-bond acceptors (Lipinski definition) is 2. The highest BCUT2D eigenvalue weighted by Gasteiger charge is 1.95. The third kappa shape index (κ3) is 1.31. The average molecular weight is 132 g/mol. The van der Waals surface area contributed by atoms with Crippen molar-refractivity contribution in [2.24, 2.45) is 0 Å². The van der Waals surface area contributed by atoms with Crippen molar-refractivity contribution in [3.8, 4) is 0 Å². The van der Waals surface area contributed by atoms with Crippen LogP contribution < -0.4 is 5.69 Å². The molecule has 0 aliphatic rings. The predicted molar refractivity (Wildman–Crippen MR) is 24.8 cm³/mol. The fourth-order valence-corrected chi connectivity index (χ4v) is 0.400. The Hall–Kier alpha value is -1.26. The normalized spacial score (nSPS) is 9.56. The van der Waals surface area contributed by atoms with Gasteiger partial charge >= 0.3 is 5.69 Å². The van der Waals surface area contributed by atoms with Crippen molar-refractivity contribution in [1.29, 1.82) is 0 Å². The van der Waals surface area contributed by atoms with E-state index in [2.05, 4.69) is 4.98 Å². The second-order valence-electron chi connectivity index (χ2n) is 1.36. The van der Waals surface area contributed by atoms with Crippen LogP contribution in [0.4, 0.5) is 8.78 Å². The molecule has 1 heterocycles. The lowest BCUT2D eigenvalue weighted by atomic mass is 10.6. The Morgan fingerprint density at radius 1 is 1.56 bits per heavy atom. The van der Waals surface area contributed by atoms with E-state index in [0.29, 0.717) is 6.07 Å². The molecule has 1 N–H and O–H groups in total. The van der Waals surface area contributed by atoms with Gasteiger partial charge in [0.25, 0.3) is 0 Å². The molecule has 3 nitrogen and oxygen atoms in total. The van der Waals surface area contributed by atoms with Crippen LogP contribution in [0.1, 0.15) is 0 Å². The smallest absolute Gasteiger partial charge is 0.282 e. The van der Waals surface area contributed by atoms with Crippen LogP contribution in [0.3, 0.4) is 0 Å². The molecule has 0 atom stereocenters. The van der Waals surface area contributed by atoms with E-state index < -0.39 is 17.6 Å². The summed E-state index contributed by atoms with van der Waals surface area (Å²) in [6.45, 7) is 0. The molecule has 0 aromatic carbocycles. The van der Waals surface area contributed by atoms with Crippen molar-refractivity contribution in [3.63, 3.8) is 0 Å². The van der Waals surface area contributed by atoms with E-state index in [1.165, 1.54) is 0 Å². The van der Waals surface area contributed by atoms with Crippen LogP contribution >= 0.6 is 0 Å². The summed E-state index contributed by atoms with van der Waals surface area (Å²) < 4.78 is 23.8. The largest absolute Gasteiger partial charge is 0.349 e. The minimum Gasteiger partial charge on any atom is -0.282 e. The number of aromatic nitrogens is 2. The molecule has 0 radical (unpaired) electrons. The number of nitrogens with one attached hydrogen (secondary N) is 1. The molecule has 0 saturated heterocycles. The molecule has 0 fully saturated rings. The van der Waals surface area contributed by atoms with Crippen molar-refractivity contribution < 1.29 is 8.78 Å². The summed E-state index contributed by atoms with van der Waals surface area (Å²) >= 11 is 0. The number of hydrogen-bond donors (Lipinski definition) is 1. The molecule has 0 spiro atoms. The Kier molecular flexibility index (Phi) is 1.26. The Morgan fingerprint density at radius 3 is 2.67 bits per heavy atom. The molecule has 0 amide bonds. The first-order chi connectivity index (χ1) is 4.18. The SMILES string of the molecule is O=c1nc(F)cc(F)[nH]1. The molecule has 1 aromatic heterocycles. The van der Waals surface area contributed by atoms with E-state index in [0.717, 1.165) is 0 Å². The van der Waals surface area contributed by atoms with Crippen molar-refractivity contribution in [2.75, 3.05) is 0 Å². The van der Waals surface area contributed by atoms with Crippen molar-refractivity contribution in [2.45, 2.75) is 0 Å². The lowest BCUT2D eigenvalue weighted by Gasteiger charge is -1.84. The molecule has 0 saturated carbocycles. The molecule has 5 heteroatoms. The fourth-order valence-electron chi connectivity index (χ4n) is 0.400. The Balaban J connectivity index is 3.33. The maximum Gasteiger partial charge on any atom is 0.349 e. The summed E-state index contributed by atoms with van der Waals surface area (Å²) in [5.74, 6) is -2.14. The summed E-state index contributed by atoms with van der Waals surface area (Å²) in [6.07, 6.45) is 0. The van der Waals surface area contributed by atoms with Crippen LogP contribution in [-0.4, -0.2) is 9.97 Å². The van der Waals surface area contributed by atoms with Crippen LogP contribution in [0, 0.1) is 11.9 Å². The summed E-state index contributed by atoms with van der Waals surface area (Å²) in [4.78, 5) is 14.4. The van der Waals surface area contributed by atoms with Gasteiger partial charge in [-0.3, -0.25) is 4.98 Å². The number of halogens is 2. The molecule has 1 rings (SSSR count). The summed E-state index contributed by atoms with van der Waals surface area (Å²) in [7, 11) is 0. The minimum absolute atomic E-state index is 0.488. The Labute approximate surface area is 48.4 Å². The molecule has 0 aliphatic heterocycles. The average Bonchev–Trinajstić information content (AvgIpc) is 1.59. The molecule has 0 unspecified atom stereocenters. The van der Waals surface area contributed by atoms with E-state index in [1.54, 1.807) is 4.98 Å². The van der Waals surface area contributed by atoms with E-state index in [9.17, 15) is 13.6 Å². The lowest BCUT2D eigenvalue weighted by molar-refractivity contribution is 0.516. The van der Waals surface area contributed by atoms with E-state index >= 15 is 0 Å². The third-order valence-electron chi connectivity index (χ3n) is 0.681. The van der Waals surface area contributed by atoms with Gasteiger partial charge in [-0.25, -0.2) is 4.79 Å². The molecular formula is C4H2F2N2O. The Morgan fingerprint density at radius 2 is 2.22 bits per heavy atom. The van der Waals surface area contributed by atoms with Crippen LogP contribution in [0.25, 0.3) is 0 Å². The third-order valence-corrected chi connectivity index (χ3v) is 0.681. The maximum absolute atomic E-state index is 11.9. The van der Waals surface area contributed by atoms with Gasteiger partial charge in [-0.05, 0) is 0 Å². The van der Waals surface area contributed by atoms with Gasteiger partial charge in [0.05, 0.1) is 0 Å². The number of rotatable bonds is 0. The first-order valence-corrected chi connectivity index (χ1v) is 2.11. The van der Waals surface area contributed by atoms with Crippen LogP contribution in [0.2, 0.25) is 0 Å².